The van der Waals surface area contributed by atoms with Crippen molar-refractivity contribution in [2.75, 3.05) is 27.4 Å². The van der Waals surface area contributed by atoms with Gasteiger partial charge in [-0.2, -0.15) is 0 Å². The van der Waals surface area contributed by atoms with Crippen molar-refractivity contribution in [1.82, 2.24) is 0 Å². The largest absolute Gasteiger partial charge is 0.466 e. The number of aliphatic hydroxyl groups excluding tert-OH is 1. The van der Waals surface area contributed by atoms with Crippen LogP contribution in [0.2, 0.25) is 0 Å². The van der Waals surface area contributed by atoms with E-state index < -0.39 is 36.5 Å². The predicted octanol–water partition coefficient (Wildman–Crippen LogP) is 0.153. The molecule has 21 heavy (non-hydrogen) atoms. The van der Waals surface area contributed by atoms with Gasteiger partial charge in [-0.05, 0) is 0 Å². The van der Waals surface area contributed by atoms with E-state index in [-0.39, 0.29) is 11.1 Å². The summed E-state index contributed by atoms with van der Waals surface area (Å²) in [4.78, 5) is 34.5. The van der Waals surface area contributed by atoms with Gasteiger partial charge in [0.25, 0.3) is 0 Å². The predicted molar refractivity (Wildman–Crippen MR) is 73.0 cm³/mol. The van der Waals surface area contributed by atoms with E-state index in [2.05, 4.69) is 29.2 Å². The van der Waals surface area contributed by atoms with Crippen LogP contribution >= 0.6 is 0 Å². The summed E-state index contributed by atoms with van der Waals surface area (Å²) in [5.74, 6) is -2.57. The molecule has 0 heterocycles. The fraction of sp³-hybridized carbons (Fsp3) is 0.357. The number of esters is 3. The quantitative estimate of drug-likeness (QED) is 0.387. The maximum Gasteiger partial charge on any atom is 0.334 e. The minimum Gasteiger partial charge on any atom is -0.466 e. The molecular formula is C14H18O7. The first-order chi connectivity index (χ1) is 9.80. The van der Waals surface area contributed by atoms with Crippen LogP contribution in [0.15, 0.2) is 37.0 Å². The topological polar surface area (TPSA) is 99.1 Å². The highest BCUT2D eigenvalue weighted by Gasteiger charge is 2.44. The standard InChI is InChI=1S/C14H18O7/c1-6-11(16)21-8-14(7-15,9(2)12(17)19-4)10(3)13(18)20-5/h6,15H,1-3,7-8H2,4-5H3. The lowest BCUT2D eigenvalue weighted by molar-refractivity contribution is -0.146. The Balaban J connectivity index is 5.68. The lowest BCUT2D eigenvalue weighted by atomic mass is 9.75. The molecule has 0 aliphatic carbocycles. The van der Waals surface area contributed by atoms with Crippen LogP contribution in [0.1, 0.15) is 0 Å². The Hall–Kier alpha value is -2.41. The smallest absolute Gasteiger partial charge is 0.334 e. The van der Waals surface area contributed by atoms with Crippen molar-refractivity contribution in [2.24, 2.45) is 5.41 Å². The van der Waals surface area contributed by atoms with Crippen LogP contribution in [0.5, 0.6) is 0 Å². The Kier molecular flexibility index (Phi) is 7.09. The Labute approximate surface area is 122 Å². The van der Waals surface area contributed by atoms with Crippen LogP contribution in [-0.2, 0) is 28.6 Å². The second-order valence-corrected chi connectivity index (χ2v) is 3.99. The van der Waals surface area contributed by atoms with E-state index in [4.69, 9.17) is 4.74 Å². The highest BCUT2D eigenvalue weighted by molar-refractivity contribution is 5.97. The molecule has 0 rings (SSSR count). The summed E-state index contributed by atoms with van der Waals surface area (Å²) in [5, 5.41) is 9.64. The van der Waals surface area contributed by atoms with Gasteiger partial charge in [-0.25, -0.2) is 14.4 Å². The minimum atomic E-state index is -1.74. The van der Waals surface area contributed by atoms with Crippen molar-refractivity contribution in [1.29, 1.82) is 0 Å². The molecule has 7 nitrogen and oxygen atoms in total. The number of aliphatic hydroxyl groups is 1. The zero-order valence-corrected chi connectivity index (χ0v) is 12.0. The highest BCUT2D eigenvalue weighted by Crippen LogP contribution is 2.35. The van der Waals surface area contributed by atoms with Crippen molar-refractivity contribution in [3.05, 3.63) is 37.0 Å². The normalized spacial score (nSPS) is 10.2. The molecule has 0 radical (unpaired) electrons. The van der Waals surface area contributed by atoms with Gasteiger partial charge in [-0.3, -0.25) is 0 Å². The van der Waals surface area contributed by atoms with E-state index in [0.29, 0.717) is 0 Å². The van der Waals surface area contributed by atoms with Crippen LogP contribution in [0.4, 0.5) is 0 Å². The molecule has 0 aromatic rings. The van der Waals surface area contributed by atoms with Gasteiger partial charge in [-0.15, -0.1) is 0 Å². The number of hydrogen-bond donors (Lipinski definition) is 1. The van der Waals surface area contributed by atoms with E-state index >= 15 is 0 Å². The molecule has 0 aliphatic heterocycles. The average Bonchev–Trinajstić information content (AvgIpc) is 2.52. The van der Waals surface area contributed by atoms with E-state index in [9.17, 15) is 19.5 Å². The van der Waals surface area contributed by atoms with E-state index in [1.54, 1.807) is 0 Å². The van der Waals surface area contributed by atoms with Gasteiger partial charge in [0.2, 0.25) is 0 Å². The summed E-state index contributed by atoms with van der Waals surface area (Å²) in [5.41, 5.74) is -2.32. The molecule has 116 valence electrons. The summed E-state index contributed by atoms with van der Waals surface area (Å²) >= 11 is 0. The van der Waals surface area contributed by atoms with Gasteiger partial charge < -0.3 is 19.3 Å². The average molecular weight is 298 g/mol. The third-order valence-electron chi connectivity index (χ3n) is 2.92. The van der Waals surface area contributed by atoms with Crippen molar-refractivity contribution in [2.45, 2.75) is 0 Å². The van der Waals surface area contributed by atoms with Crippen molar-refractivity contribution >= 4 is 17.9 Å². The lowest BCUT2D eigenvalue weighted by Crippen LogP contribution is -2.41. The number of ether oxygens (including phenoxy) is 3. The second kappa shape index (κ2) is 8.01. The summed E-state index contributed by atoms with van der Waals surface area (Å²) < 4.78 is 13.9. The summed E-state index contributed by atoms with van der Waals surface area (Å²) in [6.07, 6.45) is 0.893. The van der Waals surface area contributed by atoms with Gasteiger partial charge in [0.15, 0.2) is 0 Å². The van der Waals surface area contributed by atoms with Crippen molar-refractivity contribution in [3.63, 3.8) is 0 Å². The number of rotatable bonds is 8. The monoisotopic (exact) mass is 298 g/mol. The Morgan fingerprint density at radius 1 is 1.10 bits per heavy atom. The highest BCUT2D eigenvalue weighted by atomic mass is 16.5. The molecule has 1 N–H and O–H groups in total. The zero-order chi connectivity index (χ0) is 16.6. The first-order valence-corrected chi connectivity index (χ1v) is 5.76. The molecule has 0 aliphatic rings. The third kappa shape index (κ3) is 4.03. The SMILES string of the molecule is C=CC(=O)OCC(CO)(C(=C)C(=O)OC)C(=C)C(=O)OC. The van der Waals surface area contributed by atoms with Crippen molar-refractivity contribution in [3.8, 4) is 0 Å². The van der Waals surface area contributed by atoms with Gasteiger partial charge >= 0.3 is 17.9 Å². The molecule has 0 aromatic carbocycles. The Bertz CT molecular complexity index is 448. The van der Waals surface area contributed by atoms with Gasteiger partial charge in [0.05, 0.1) is 26.2 Å². The molecule has 0 amide bonds. The molecule has 0 saturated heterocycles. The first kappa shape index (κ1) is 18.6. The summed E-state index contributed by atoms with van der Waals surface area (Å²) in [6, 6.07) is 0. The fourth-order valence-electron chi connectivity index (χ4n) is 1.48. The van der Waals surface area contributed by atoms with E-state index in [0.717, 1.165) is 20.3 Å². The minimum absolute atomic E-state index is 0.292. The maximum atomic E-state index is 11.7. The van der Waals surface area contributed by atoms with Gasteiger partial charge in [0.1, 0.15) is 6.61 Å². The molecule has 0 saturated carbocycles. The van der Waals surface area contributed by atoms with E-state index in [1.807, 2.05) is 0 Å². The van der Waals surface area contributed by atoms with Crippen LogP contribution in [-0.4, -0.2) is 50.4 Å². The van der Waals surface area contributed by atoms with Gasteiger partial charge in [0, 0.05) is 17.2 Å². The van der Waals surface area contributed by atoms with Crippen molar-refractivity contribution < 1.29 is 33.7 Å². The number of carbonyl (C=O) groups is 3. The molecular weight excluding hydrogens is 280 g/mol. The number of carbonyl (C=O) groups excluding carboxylic acids is 3. The number of methoxy groups -OCH3 is 2. The molecule has 0 atom stereocenters. The lowest BCUT2D eigenvalue weighted by Gasteiger charge is -2.32. The molecule has 0 fully saturated rings. The van der Waals surface area contributed by atoms with Crippen LogP contribution in [0, 0.1) is 5.41 Å². The maximum absolute atomic E-state index is 11.7. The van der Waals surface area contributed by atoms with Crippen LogP contribution < -0.4 is 0 Å². The third-order valence-corrected chi connectivity index (χ3v) is 2.92. The molecule has 0 bridgehead atoms. The number of hydrogen-bond acceptors (Lipinski definition) is 7. The summed E-state index contributed by atoms with van der Waals surface area (Å²) in [7, 11) is 2.21. The zero-order valence-electron chi connectivity index (χ0n) is 12.0. The van der Waals surface area contributed by atoms with Gasteiger partial charge in [-0.1, -0.05) is 19.7 Å². The molecule has 0 aromatic heterocycles. The fourth-order valence-corrected chi connectivity index (χ4v) is 1.48. The molecule has 7 heteroatoms. The Morgan fingerprint density at radius 3 is 1.81 bits per heavy atom. The summed E-state index contributed by atoms with van der Waals surface area (Å²) in [6.45, 7) is 8.88. The Morgan fingerprint density at radius 2 is 1.52 bits per heavy atom. The van der Waals surface area contributed by atoms with Crippen LogP contribution in [0.25, 0.3) is 0 Å². The first-order valence-electron chi connectivity index (χ1n) is 5.76. The second-order valence-electron chi connectivity index (χ2n) is 3.99. The van der Waals surface area contributed by atoms with Crippen LogP contribution in [0.3, 0.4) is 0 Å². The van der Waals surface area contributed by atoms with E-state index in [1.165, 1.54) is 0 Å². The molecule has 0 spiro atoms. The molecule has 0 unspecified atom stereocenters.